The first-order valence-electron chi connectivity index (χ1n) is 7.89. The molecule has 0 aliphatic heterocycles. The number of imidazole rings is 1. The van der Waals surface area contributed by atoms with Crippen LogP contribution in [0.15, 0.2) is 11.2 Å². The third-order valence-electron chi connectivity index (χ3n) is 3.93. The fourth-order valence-corrected chi connectivity index (χ4v) is 3.65. The molecule has 0 bridgehead atoms. The molecule has 21 heavy (non-hydrogen) atoms. The maximum Gasteiger partial charge on any atom is 0.257 e. The van der Waals surface area contributed by atoms with E-state index in [0.717, 1.165) is 0 Å². The van der Waals surface area contributed by atoms with Gasteiger partial charge in [-0.3, -0.25) is 0 Å². The van der Waals surface area contributed by atoms with Gasteiger partial charge in [0, 0.05) is 25.6 Å². The van der Waals surface area contributed by atoms with E-state index < -0.39 is 10.0 Å². The molecule has 1 aliphatic rings. The van der Waals surface area contributed by atoms with E-state index in [4.69, 9.17) is 0 Å². The van der Waals surface area contributed by atoms with Crippen LogP contribution in [0.5, 0.6) is 0 Å². The van der Waals surface area contributed by atoms with Gasteiger partial charge >= 0.3 is 0 Å². The fourth-order valence-electron chi connectivity index (χ4n) is 2.68. The molecule has 0 spiro atoms. The van der Waals surface area contributed by atoms with Crippen molar-refractivity contribution in [2.24, 2.45) is 0 Å². The van der Waals surface area contributed by atoms with Gasteiger partial charge in [-0.1, -0.05) is 32.6 Å². The number of sulfonamides is 1. The number of H-pyrrole nitrogens is 1. The van der Waals surface area contributed by atoms with E-state index in [0.29, 0.717) is 31.4 Å². The highest BCUT2D eigenvalue weighted by Gasteiger charge is 2.16. The Hall–Kier alpha value is -0.920. The van der Waals surface area contributed by atoms with Crippen LogP contribution in [-0.2, 0) is 16.4 Å². The second-order valence-corrected chi connectivity index (χ2v) is 7.32. The van der Waals surface area contributed by atoms with Gasteiger partial charge in [-0.25, -0.2) is 18.1 Å². The summed E-state index contributed by atoms with van der Waals surface area (Å²) in [5.74, 6) is 0.687. The maximum atomic E-state index is 12.1. The van der Waals surface area contributed by atoms with Crippen LogP contribution in [0.25, 0.3) is 0 Å². The number of rotatable bonds is 7. The van der Waals surface area contributed by atoms with Crippen molar-refractivity contribution in [3.05, 3.63) is 12.0 Å². The number of aromatic amines is 1. The van der Waals surface area contributed by atoms with E-state index in [1.54, 1.807) is 0 Å². The normalized spacial score (nSPS) is 17.8. The Morgan fingerprint density at radius 3 is 2.57 bits per heavy atom. The van der Waals surface area contributed by atoms with Crippen LogP contribution >= 0.6 is 0 Å². The smallest absolute Gasteiger partial charge is 0.257 e. The summed E-state index contributed by atoms with van der Waals surface area (Å²) in [5.41, 5.74) is 0. The molecule has 1 saturated carbocycles. The quantitative estimate of drug-likeness (QED) is 0.526. The summed E-state index contributed by atoms with van der Waals surface area (Å²) in [6.07, 6.45) is 9.67. The van der Waals surface area contributed by atoms with E-state index in [9.17, 15) is 8.42 Å². The molecule has 0 atom stereocenters. The van der Waals surface area contributed by atoms with Gasteiger partial charge in [0.05, 0.1) is 6.20 Å². The zero-order chi connectivity index (χ0) is 15.1. The lowest BCUT2D eigenvalue weighted by atomic mass is 10.1. The van der Waals surface area contributed by atoms with Gasteiger partial charge in [-0.15, -0.1) is 0 Å². The summed E-state index contributed by atoms with van der Waals surface area (Å²) in [6.45, 7) is 3.00. The van der Waals surface area contributed by atoms with Gasteiger partial charge in [-0.05, 0) is 12.8 Å². The van der Waals surface area contributed by atoms with Crippen LogP contribution in [0.1, 0.15) is 51.3 Å². The molecule has 0 unspecified atom stereocenters. The van der Waals surface area contributed by atoms with E-state index in [2.05, 4.69) is 20.0 Å². The molecular formula is C14H26N4O2S. The second-order valence-electron chi connectivity index (χ2n) is 5.59. The topological polar surface area (TPSA) is 86.9 Å². The summed E-state index contributed by atoms with van der Waals surface area (Å²) in [4.78, 5) is 6.84. The Morgan fingerprint density at radius 2 is 1.95 bits per heavy atom. The zero-order valence-electron chi connectivity index (χ0n) is 12.7. The van der Waals surface area contributed by atoms with Gasteiger partial charge in [0.1, 0.15) is 5.82 Å². The van der Waals surface area contributed by atoms with E-state index >= 15 is 0 Å². The van der Waals surface area contributed by atoms with Gasteiger partial charge in [-0.2, -0.15) is 0 Å². The summed E-state index contributed by atoms with van der Waals surface area (Å²) < 4.78 is 26.7. The first-order valence-corrected chi connectivity index (χ1v) is 9.37. The van der Waals surface area contributed by atoms with Gasteiger partial charge in [0.25, 0.3) is 10.0 Å². The van der Waals surface area contributed by atoms with Crippen molar-refractivity contribution in [3.63, 3.8) is 0 Å². The number of aromatic nitrogens is 2. The van der Waals surface area contributed by atoms with Crippen LogP contribution in [0.4, 0.5) is 0 Å². The lowest BCUT2D eigenvalue weighted by Gasteiger charge is -2.16. The average molecular weight is 314 g/mol. The molecule has 1 fully saturated rings. The predicted octanol–water partition coefficient (Wildman–Crippen LogP) is 1.56. The minimum absolute atomic E-state index is 0.147. The Balaban J connectivity index is 1.74. The molecule has 1 heterocycles. The third kappa shape index (κ3) is 5.09. The molecular weight excluding hydrogens is 288 g/mol. The van der Waals surface area contributed by atoms with Gasteiger partial charge in [0.15, 0.2) is 5.03 Å². The molecule has 120 valence electrons. The van der Waals surface area contributed by atoms with Crippen molar-refractivity contribution in [1.29, 1.82) is 0 Å². The Bertz CT molecular complexity index is 519. The number of nitrogens with one attached hydrogen (secondary N) is 3. The van der Waals surface area contributed by atoms with Crippen molar-refractivity contribution >= 4 is 10.0 Å². The summed E-state index contributed by atoms with van der Waals surface area (Å²) in [5, 5.41) is 3.60. The first kappa shape index (κ1) is 16.5. The lowest BCUT2D eigenvalue weighted by Crippen LogP contribution is -2.37. The van der Waals surface area contributed by atoms with E-state index in [1.165, 1.54) is 44.7 Å². The number of hydrogen-bond donors (Lipinski definition) is 3. The minimum atomic E-state index is -3.47. The summed E-state index contributed by atoms with van der Waals surface area (Å²) in [6, 6.07) is 0.538. The molecule has 0 amide bonds. The monoisotopic (exact) mass is 314 g/mol. The van der Waals surface area contributed by atoms with Crippen LogP contribution in [0.2, 0.25) is 0 Å². The molecule has 0 radical (unpaired) electrons. The number of aryl methyl sites for hydroxylation is 1. The maximum absolute atomic E-state index is 12.1. The van der Waals surface area contributed by atoms with Gasteiger partial charge in [0.2, 0.25) is 0 Å². The Labute approximate surface area is 127 Å². The second kappa shape index (κ2) is 7.91. The minimum Gasteiger partial charge on any atom is -0.332 e. The Kier molecular flexibility index (Phi) is 6.20. The highest BCUT2D eigenvalue weighted by molar-refractivity contribution is 7.89. The predicted molar refractivity (Wildman–Crippen MR) is 82.6 cm³/mol. The van der Waals surface area contributed by atoms with Gasteiger partial charge < -0.3 is 10.3 Å². The summed E-state index contributed by atoms with van der Waals surface area (Å²) >= 11 is 0. The SMILES string of the molecule is CCc1ncc(S(=O)(=O)NCCNC2CCCCCC2)[nH]1. The third-order valence-corrected chi connectivity index (χ3v) is 5.31. The molecule has 0 aromatic carbocycles. The molecule has 1 aliphatic carbocycles. The van der Waals surface area contributed by atoms with E-state index in [1.807, 2.05) is 6.92 Å². The molecule has 3 N–H and O–H groups in total. The fraction of sp³-hybridized carbons (Fsp3) is 0.786. The lowest BCUT2D eigenvalue weighted by molar-refractivity contribution is 0.461. The molecule has 6 nitrogen and oxygen atoms in total. The molecule has 0 saturated heterocycles. The van der Waals surface area contributed by atoms with Crippen molar-refractivity contribution in [1.82, 2.24) is 20.0 Å². The van der Waals surface area contributed by atoms with Crippen molar-refractivity contribution in [2.45, 2.75) is 62.9 Å². The van der Waals surface area contributed by atoms with Crippen LogP contribution in [0, 0.1) is 0 Å². The largest absolute Gasteiger partial charge is 0.332 e. The number of nitrogens with zero attached hydrogens (tertiary/aromatic N) is 1. The van der Waals surface area contributed by atoms with Crippen LogP contribution < -0.4 is 10.0 Å². The highest BCUT2D eigenvalue weighted by atomic mass is 32.2. The molecule has 2 rings (SSSR count). The van der Waals surface area contributed by atoms with Crippen molar-refractivity contribution in [2.75, 3.05) is 13.1 Å². The van der Waals surface area contributed by atoms with Crippen LogP contribution in [0.3, 0.4) is 0 Å². The summed E-state index contributed by atoms with van der Waals surface area (Å²) in [7, 11) is -3.47. The highest BCUT2D eigenvalue weighted by Crippen LogP contribution is 2.16. The molecule has 1 aromatic rings. The van der Waals surface area contributed by atoms with Crippen LogP contribution in [-0.4, -0.2) is 37.5 Å². The van der Waals surface area contributed by atoms with E-state index in [-0.39, 0.29) is 5.03 Å². The molecule has 1 aromatic heterocycles. The number of hydrogen-bond acceptors (Lipinski definition) is 4. The Morgan fingerprint density at radius 1 is 1.24 bits per heavy atom. The first-order chi connectivity index (χ1) is 10.1. The van der Waals surface area contributed by atoms with Crippen molar-refractivity contribution in [3.8, 4) is 0 Å². The zero-order valence-corrected chi connectivity index (χ0v) is 13.5. The average Bonchev–Trinajstić information content (AvgIpc) is 2.82. The van der Waals surface area contributed by atoms with Crippen molar-refractivity contribution < 1.29 is 8.42 Å². The standard InChI is InChI=1S/C14H26N4O2S/c1-2-13-16-11-14(18-13)21(19,20)17-10-9-15-12-7-5-3-4-6-8-12/h11-12,15,17H,2-10H2,1H3,(H,16,18). The molecule has 7 heteroatoms.